The summed E-state index contributed by atoms with van der Waals surface area (Å²) in [5.41, 5.74) is 7.48. The van der Waals surface area contributed by atoms with Crippen LogP contribution in [-0.2, 0) is 0 Å². The third-order valence-corrected chi connectivity index (χ3v) is 3.69. The molecule has 1 aliphatic carbocycles. The number of hydrogen-bond acceptors (Lipinski definition) is 4. The SMILES string of the molecule is CC(CC(N)c1noc(C2CC2)n1)c1ccccc1. The van der Waals surface area contributed by atoms with Gasteiger partial charge in [-0.1, -0.05) is 42.4 Å². The third kappa shape index (κ3) is 2.84. The summed E-state index contributed by atoms with van der Waals surface area (Å²) < 4.78 is 5.26. The Labute approximate surface area is 113 Å². The Hall–Kier alpha value is -1.68. The van der Waals surface area contributed by atoms with Crippen LogP contribution in [0.25, 0.3) is 0 Å². The quantitative estimate of drug-likeness (QED) is 0.893. The Balaban J connectivity index is 1.65. The van der Waals surface area contributed by atoms with Crippen LogP contribution in [0.1, 0.15) is 61.3 Å². The van der Waals surface area contributed by atoms with Crippen LogP contribution in [0.3, 0.4) is 0 Å². The number of hydrogen-bond donors (Lipinski definition) is 1. The Kier molecular flexibility index (Phi) is 3.34. The third-order valence-electron chi connectivity index (χ3n) is 3.69. The lowest BCUT2D eigenvalue weighted by Crippen LogP contribution is -2.15. The van der Waals surface area contributed by atoms with Crippen LogP contribution in [0.15, 0.2) is 34.9 Å². The number of nitrogens with two attached hydrogens (primary N) is 1. The Morgan fingerprint density at radius 2 is 2.05 bits per heavy atom. The van der Waals surface area contributed by atoms with Crippen molar-refractivity contribution in [1.82, 2.24) is 10.1 Å². The molecule has 2 N–H and O–H groups in total. The van der Waals surface area contributed by atoms with E-state index in [0.717, 1.165) is 25.2 Å². The molecule has 4 nitrogen and oxygen atoms in total. The zero-order valence-electron chi connectivity index (χ0n) is 11.1. The van der Waals surface area contributed by atoms with Crippen LogP contribution in [-0.4, -0.2) is 10.1 Å². The van der Waals surface area contributed by atoms with E-state index in [9.17, 15) is 0 Å². The lowest BCUT2D eigenvalue weighted by atomic mass is 9.94. The van der Waals surface area contributed by atoms with Gasteiger partial charge in [0.25, 0.3) is 0 Å². The summed E-state index contributed by atoms with van der Waals surface area (Å²) >= 11 is 0. The average molecular weight is 257 g/mol. The summed E-state index contributed by atoms with van der Waals surface area (Å²) in [7, 11) is 0. The molecule has 0 aliphatic heterocycles. The summed E-state index contributed by atoms with van der Waals surface area (Å²) in [5, 5.41) is 4.01. The van der Waals surface area contributed by atoms with E-state index >= 15 is 0 Å². The van der Waals surface area contributed by atoms with Crippen molar-refractivity contribution in [2.45, 2.75) is 44.1 Å². The minimum Gasteiger partial charge on any atom is -0.339 e. The summed E-state index contributed by atoms with van der Waals surface area (Å²) in [4.78, 5) is 4.42. The van der Waals surface area contributed by atoms with Gasteiger partial charge in [-0.3, -0.25) is 0 Å². The Morgan fingerprint density at radius 1 is 1.32 bits per heavy atom. The van der Waals surface area contributed by atoms with Crippen LogP contribution in [0.5, 0.6) is 0 Å². The highest BCUT2D eigenvalue weighted by Gasteiger charge is 2.30. The van der Waals surface area contributed by atoms with E-state index in [4.69, 9.17) is 10.3 Å². The molecule has 0 saturated heterocycles. The van der Waals surface area contributed by atoms with Gasteiger partial charge in [-0.15, -0.1) is 0 Å². The molecule has 2 atom stereocenters. The molecule has 1 fully saturated rings. The largest absolute Gasteiger partial charge is 0.339 e. The molecule has 0 spiro atoms. The molecule has 1 aromatic carbocycles. The van der Waals surface area contributed by atoms with E-state index in [1.165, 1.54) is 5.56 Å². The molecule has 2 unspecified atom stereocenters. The van der Waals surface area contributed by atoms with E-state index in [0.29, 0.717) is 17.7 Å². The molecule has 1 aliphatic rings. The normalized spacial score (nSPS) is 18.2. The molecule has 0 amide bonds. The minimum absolute atomic E-state index is 0.161. The molecular formula is C15H19N3O. The maximum atomic E-state index is 6.18. The lowest BCUT2D eigenvalue weighted by Gasteiger charge is -2.14. The lowest BCUT2D eigenvalue weighted by molar-refractivity contribution is 0.368. The van der Waals surface area contributed by atoms with E-state index < -0.39 is 0 Å². The number of benzene rings is 1. The highest BCUT2D eigenvalue weighted by molar-refractivity contribution is 5.19. The van der Waals surface area contributed by atoms with Gasteiger partial charge in [-0.25, -0.2) is 0 Å². The molecule has 100 valence electrons. The van der Waals surface area contributed by atoms with Crippen molar-refractivity contribution in [3.8, 4) is 0 Å². The molecule has 19 heavy (non-hydrogen) atoms. The van der Waals surface area contributed by atoms with E-state index in [1.54, 1.807) is 0 Å². The number of aromatic nitrogens is 2. The topological polar surface area (TPSA) is 64.9 Å². The van der Waals surface area contributed by atoms with Gasteiger partial charge in [0.1, 0.15) is 0 Å². The van der Waals surface area contributed by atoms with Crippen LogP contribution in [0.4, 0.5) is 0 Å². The molecular weight excluding hydrogens is 238 g/mol. The van der Waals surface area contributed by atoms with Crippen LogP contribution in [0, 0.1) is 0 Å². The van der Waals surface area contributed by atoms with Gasteiger partial charge in [0.05, 0.1) is 6.04 Å². The molecule has 1 aromatic heterocycles. The van der Waals surface area contributed by atoms with Gasteiger partial charge >= 0.3 is 0 Å². The monoisotopic (exact) mass is 257 g/mol. The van der Waals surface area contributed by atoms with Gasteiger partial charge in [-0.2, -0.15) is 4.98 Å². The first-order valence-electron chi connectivity index (χ1n) is 6.88. The fraction of sp³-hybridized carbons (Fsp3) is 0.467. The maximum Gasteiger partial charge on any atom is 0.229 e. The first-order valence-corrected chi connectivity index (χ1v) is 6.88. The van der Waals surface area contributed by atoms with E-state index in [1.807, 2.05) is 6.07 Å². The van der Waals surface area contributed by atoms with Crippen molar-refractivity contribution in [1.29, 1.82) is 0 Å². The van der Waals surface area contributed by atoms with Crippen molar-refractivity contribution >= 4 is 0 Å². The average Bonchev–Trinajstić information content (AvgIpc) is 3.17. The van der Waals surface area contributed by atoms with E-state index in [2.05, 4.69) is 41.3 Å². The standard InChI is InChI=1S/C15H19N3O/c1-10(11-5-3-2-4-6-11)9-13(16)14-17-15(19-18-14)12-7-8-12/h2-6,10,12-13H,7-9,16H2,1H3. The first kappa shape index (κ1) is 12.4. The molecule has 4 heteroatoms. The molecule has 0 radical (unpaired) electrons. The van der Waals surface area contributed by atoms with Gasteiger partial charge < -0.3 is 10.3 Å². The first-order chi connectivity index (χ1) is 9.24. The molecule has 3 rings (SSSR count). The molecule has 1 heterocycles. The second kappa shape index (κ2) is 5.13. The second-order valence-electron chi connectivity index (χ2n) is 5.42. The fourth-order valence-corrected chi connectivity index (χ4v) is 2.30. The number of nitrogens with zero attached hydrogens (tertiary/aromatic N) is 2. The summed E-state index contributed by atoms with van der Waals surface area (Å²) in [5.74, 6) is 2.28. The van der Waals surface area contributed by atoms with Gasteiger partial charge in [0.2, 0.25) is 5.89 Å². The van der Waals surface area contributed by atoms with Crippen LogP contribution < -0.4 is 5.73 Å². The number of rotatable bonds is 5. The van der Waals surface area contributed by atoms with Crippen LogP contribution >= 0.6 is 0 Å². The van der Waals surface area contributed by atoms with Gasteiger partial charge in [-0.05, 0) is 30.7 Å². The molecule has 2 aromatic rings. The smallest absolute Gasteiger partial charge is 0.229 e. The fourth-order valence-electron chi connectivity index (χ4n) is 2.30. The zero-order valence-corrected chi connectivity index (χ0v) is 11.1. The van der Waals surface area contributed by atoms with Crippen LogP contribution in [0.2, 0.25) is 0 Å². The van der Waals surface area contributed by atoms with Gasteiger partial charge in [0.15, 0.2) is 5.82 Å². The van der Waals surface area contributed by atoms with E-state index in [-0.39, 0.29) is 6.04 Å². The summed E-state index contributed by atoms with van der Waals surface area (Å²) in [6.07, 6.45) is 3.15. The molecule has 0 bridgehead atoms. The zero-order chi connectivity index (χ0) is 13.2. The van der Waals surface area contributed by atoms with Crippen molar-refractivity contribution < 1.29 is 4.52 Å². The predicted octanol–water partition coefficient (Wildman–Crippen LogP) is 3.14. The highest BCUT2D eigenvalue weighted by Crippen LogP contribution is 2.39. The van der Waals surface area contributed by atoms with Crippen molar-refractivity contribution in [2.24, 2.45) is 5.73 Å². The predicted molar refractivity (Wildman–Crippen MR) is 72.7 cm³/mol. The van der Waals surface area contributed by atoms with Gasteiger partial charge in [0, 0.05) is 5.92 Å². The Bertz CT molecular complexity index is 533. The molecule has 1 saturated carbocycles. The maximum absolute atomic E-state index is 6.18. The summed E-state index contributed by atoms with van der Waals surface area (Å²) in [6, 6.07) is 10.2. The van der Waals surface area contributed by atoms with Crippen molar-refractivity contribution in [3.63, 3.8) is 0 Å². The second-order valence-corrected chi connectivity index (χ2v) is 5.42. The van der Waals surface area contributed by atoms with Crippen molar-refractivity contribution in [2.75, 3.05) is 0 Å². The summed E-state index contributed by atoms with van der Waals surface area (Å²) in [6.45, 7) is 2.18. The van der Waals surface area contributed by atoms with Crippen molar-refractivity contribution in [3.05, 3.63) is 47.6 Å². The Morgan fingerprint density at radius 3 is 2.74 bits per heavy atom. The highest BCUT2D eigenvalue weighted by atomic mass is 16.5. The minimum atomic E-state index is -0.161.